The fraction of sp³-hybridized carbons (Fsp3) is 0.316. The van der Waals surface area contributed by atoms with E-state index in [1.54, 1.807) is 0 Å². The van der Waals surface area contributed by atoms with Crippen LogP contribution in [0.1, 0.15) is 26.3 Å². The predicted molar refractivity (Wildman–Crippen MR) is 98.5 cm³/mol. The number of ether oxygens (including phenoxy) is 1. The first kappa shape index (κ1) is 18.7. The van der Waals surface area contributed by atoms with Crippen LogP contribution >= 0.6 is 23.6 Å². The van der Waals surface area contributed by atoms with E-state index in [0.29, 0.717) is 6.61 Å². The maximum Gasteiger partial charge on any atom is 0.323 e. The van der Waals surface area contributed by atoms with Gasteiger partial charge in [-0.3, -0.25) is 4.79 Å². The van der Waals surface area contributed by atoms with Gasteiger partial charge in [-0.15, -0.1) is 0 Å². The second-order valence-electron chi connectivity index (χ2n) is 6.40. The molecule has 0 saturated heterocycles. The van der Waals surface area contributed by atoms with E-state index < -0.39 is 5.41 Å². The standard InChI is InChI=1S/C19H21ClO3S/c1-19(2,3)18(21)23-24-17-10-8-16(9-11-17)22-13-12-14-4-6-15(20)7-5-14/h4-11H,12-13H2,1-3H3. The SMILES string of the molecule is CC(C)(C)C(=O)OSc1ccc(OCCc2ccc(Cl)cc2)cc1. The van der Waals surface area contributed by atoms with E-state index in [1.165, 1.54) is 5.56 Å². The van der Waals surface area contributed by atoms with Crippen LogP contribution in [0.5, 0.6) is 5.75 Å². The first-order valence-electron chi connectivity index (χ1n) is 7.71. The third-order valence-electron chi connectivity index (χ3n) is 3.22. The van der Waals surface area contributed by atoms with Gasteiger partial charge in [-0.05, 0) is 62.7 Å². The van der Waals surface area contributed by atoms with E-state index in [9.17, 15) is 4.79 Å². The molecule has 5 heteroatoms. The average molecular weight is 365 g/mol. The Balaban J connectivity index is 1.77. The Morgan fingerprint density at radius 1 is 1.04 bits per heavy atom. The lowest BCUT2D eigenvalue weighted by atomic mass is 9.98. The van der Waals surface area contributed by atoms with E-state index >= 15 is 0 Å². The third-order valence-corrected chi connectivity index (χ3v) is 4.17. The largest absolute Gasteiger partial charge is 0.493 e. The summed E-state index contributed by atoms with van der Waals surface area (Å²) in [5.41, 5.74) is 0.679. The van der Waals surface area contributed by atoms with E-state index in [0.717, 1.165) is 34.1 Å². The molecular formula is C19H21ClO3S. The van der Waals surface area contributed by atoms with Gasteiger partial charge >= 0.3 is 5.97 Å². The summed E-state index contributed by atoms with van der Waals surface area (Å²) < 4.78 is 10.9. The van der Waals surface area contributed by atoms with Gasteiger partial charge in [0.25, 0.3) is 0 Å². The van der Waals surface area contributed by atoms with Crippen LogP contribution in [0.4, 0.5) is 0 Å². The minimum absolute atomic E-state index is 0.240. The van der Waals surface area contributed by atoms with Crippen LogP contribution in [0, 0.1) is 5.41 Å². The van der Waals surface area contributed by atoms with Crippen LogP contribution in [0.25, 0.3) is 0 Å². The Morgan fingerprint density at radius 3 is 2.25 bits per heavy atom. The fourth-order valence-electron chi connectivity index (χ4n) is 1.74. The maximum atomic E-state index is 11.7. The van der Waals surface area contributed by atoms with Crippen LogP contribution in [0.2, 0.25) is 5.02 Å². The fourth-order valence-corrected chi connectivity index (χ4v) is 2.54. The molecule has 0 bridgehead atoms. The van der Waals surface area contributed by atoms with Crippen molar-refractivity contribution in [2.24, 2.45) is 5.41 Å². The summed E-state index contributed by atoms with van der Waals surface area (Å²) in [5.74, 6) is 0.547. The lowest BCUT2D eigenvalue weighted by molar-refractivity contribution is -0.141. The molecule has 0 spiro atoms. The molecule has 0 fully saturated rings. The molecule has 0 aromatic heterocycles. The van der Waals surface area contributed by atoms with E-state index in [2.05, 4.69) is 0 Å². The highest BCUT2D eigenvalue weighted by Crippen LogP contribution is 2.26. The molecule has 0 N–H and O–H groups in total. The normalized spacial score (nSPS) is 11.2. The highest BCUT2D eigenvalue weighted by molar-refractivity contribution is 7.95. The van der Waals surface area contributed by atoms with E-state index in [-0.39, 0.29) is 5.97 Å². The molecule has 3 nitrogen and oxygen atoms in total. The Bertz CT molecular complexity index is 661. The smallest absolute Gasteiger partial charge is 0.323 e. The molecule has 0 heterocycles. The summed E-state index contributed by atoms with van der Waals surface area (Å²) in [5, 5.41) is 0.736. The van der Waals surface area contributed by atoms with Gasteiger partial charge in [0.15, 0.2) is 0 Å². The topological polar surface area (TPSA) is 35.5 Å². The van der Waals surface area contributed by atoms with Gasteiger partial charge in [0.05, 0.1) is 24.1 Å². The lowest BCUT2D eigenvalue weighted by Gasteiger charge is -2.15. The second-order valence-corrected chi connectivity index (χ2v) is 7.64. The Morgan fingerprint density at radius 2 is 1.67 bits per heavy atom. The van der Waals surface area contributed by atoms with Gasteiger partial charge in [-0.2, -0.15) is 0 Å². The van der Waals surface area contributed by atoms with E-state index in [4.69, 9.17) is 20.5 Å². The Hall–Kier alpha value is -1.65. The van der Waals surface area contributed by atoms with Gasteiger partial charge in [0.2, 0.25) is 0 Å². The van der Waals surface area contributed by atoms with Crippen molar-refractivity contribution >= 4 is 29.6 Å². The predicted octanol–water partition coefficient (Wildman–Crippen LogP) is 5.56. The van der Waals surface area contributed by atoms with Crippen LogP contribution in [0.15, 0.2) is 53.4 Å². The molecule has 2 rings (SSSR count). The molecule has 0 aliphatic rings. The van der Waals surface area contributed by atoms with Crippen molar-refractivity contribution in [3.63, 3.8) is 0 Å². The lowest BCUT2D eigenvalue weighted by Crippen LogP contribution is -2.20. The Kier molecular flexibility index (Phi) is 6.58. The minimum Gasteiger partial charge on any atom is -0.493 e. The van der Waals surface area contributed by atoms with Crippen molar-refractivity contribution in [1.82, 2.24) is 0 Å². The quantitative estimate of drug-likeness (QED) is 0.629. The molecule has 24 heavy (non-hydrogen) atoms. The van der Waals surface area contributed by atoms with Crippen LogP contribution < -0.4 is 4.74 Å². The summed E-state index contributed by atoms with van der Waals surface area (Å²) in [6.45, 7) is 6.07. The molecule has 128 valence electrons. The molecule has 0 aliphatic heterocycles. The summed E-state index contributed by atoms with van der Waals surface area (Å²) >= 11 is 6.93. The van der Waals surface area contributed by atoms with Gasteiger partial charge < -0.3 is 8.92 Å². The van der Waals surface area contributed by atoms with Gasteiger partial charge in [0.1, 0.15) is 5.75 Å². The van der Waals surface area contributed by atoms with Gasteiger partial charge in [-0.1, -0.05) is 23.7 Å². The molecule has 0 atom stereocenters. The molecule has 0 saturated carbocycles. The maximum absolute atomic E-state index is 11.7. The zero-order valence-electron chi connectivity index (χ0n) is 14.0. The number of benzene rings is 2. The second kappa shape index (κ2) is 8.45. The first-order valence-corrected chi connectivity index (χ1v) is 8.83. The van der Waals surface area contributed by atoms with Crippen LogP contribution in [-0.2, 0) is 15.4 Å². The van der Waals surface area contributed by atoms with Crippen molar-refractivity contribution in [3.05, 3.63) is 59.1 Å². The molecule has 2 aromatic rings. The minimum atomic E-state index is -0.502. The highest BCUT2D eigenvalue weighted by atomic mass is 35.5. The first-order chi connectivity index (χ1) is 11.3. The average Bonchev–Trinajstić information content (AvgIpc) is 2.55. The van der Waals surface area contributed by atoms with Crippen molar-refractivity contribution in [1.29, 1.82) is 0 Å². The van der Waals surface area contributed by atoms with Crippen LogP contribution in [-0.4, -0.2) is 12.6 Å². The monoisotopic (exact) mass is 364 g/mol. The molecule has 2 aromatic carbocycles. The molecule has 0 amide bonds. The van der Waals surface area contributed by atoms with Crippen molar-refractivity contribution in [2.75, 3.05) is 6.61 Å². The summed E-state index contributed by atoms with van der Waals surface area (Å²) in [4.78, 5) is 12.6. The number of halogens is 1. The number of hydrogen-bond donors (Lipinski definition) is 0. The molecule has 0 unspecified atom stereocenters. The number of carbonyl (C=O) groups is 1. The molecule has 0 aliphatic carbocycles. The third kappa shape index (κ3) is 6.10. The number of carbonyl (C=O) groups excluding carboxylic acids is 1. The van der Waals surface area contributed by atoms with Gasteiger partial charge in [-0.25, -0.2) is 0 Å². The van der Waals surface area contributed by atoms with Crippen molar-refractivity contribution < 1.29 is 13.7 Å². The van der Waals surface area contributed by atoms with Crippen molar-refractivity contribution in [2.45, 2.75) is 32.1 Å². The zero-order chi connectivity index (χ0) is 17.6. The van der Waals surface area contributed by atoms with Crippen LogP contribution in [0.3, 0.4) is 0 Å². The number of rotatable bonds is 6. The van der Waals surface area contributed by atoms with Crippen molar-refractivity contribution in [3.8, 4) is 5.75 Å². The molecule has 0 radical (unpaired) electrons. The summed E-state index contributed by atoms with van der Waals surface area (Å²) in [6.07, 6.45) is 0.816. The zero-order valence-corrected chi connectivity index (χ0v) is 15.6. The summed E-state index contributed by atoms with van der Waals surface area (Å²) in [6, 6.07) is 15.2. The highest BCUT2D eigenvalue weighted by Gasteiger charge is 2.23. The number of hydrogen-bond acceptors (Lipinski definition) is 4. The van der Waals surface area contributed by atoms with E-state index in [1.807, 2.05) is 69.3 Å². The van der Waals surface area contributed by atoms with Gasteiger partial charge in [0, 0.05) is 16.3 Å². The summed E-state index contributed by atoms with van der Waals surface area (Å²) in [7, 11) is 0. The Labute approximate surface area is 152 Å². The molecular weight excluding hydrogens is 344 g/mol.